The lowest BCUT2D eigenvalue weighted by atomic mass is 10.1. The van der Waals surface area contributed by atoms with Gasteiger partial charge in [-0.05, 0) is 12.8 Å². The molecular weight excluding hydrogens is 154 g/mol. The molecule has 0 fully saturated rings. The van der Waals surface area contributed by atoms with E-state index < -0.39 is 0 Å². The summed E-state index contributed by atoms with van der Waals surface area (Å²) < 4.78 is 0. The summed E-state index contributed by atoms with van der Waals surface area (Å²) in [5, 5.41) is 11.6. The maximum Gasteiger partial charge on any atom is 0.223 e. The number of aliphatic hydroxyl groups is 1. The van der Waals surface area contributed by atoms with Crippen LogP contribution in [0.15, 0.2) is 0 Å². The Morgan fingerprint density at radius 1 is 1.42 bits per heavy atom. The van der Waals surface area contributed by atoms with Crippen LogP contribution >= 0.6 is 0 Å². The monoisotopic (exact) mass is 173 g/mol. The fraction of sp³-hybridized carbons (Fsp3) is 0.889. The predicted molar refractivity (Wildman–Crippen MR) is 48.8 cm³/mol. The lowest BCUT2D eigenvalue weighted by Gasteiger charge is -2.16. The minimum Gasteiger partial charge on any atom is -0.394 e. The van der Waals surface area contributed by atoms with Gasteiger partial charge in [0.25, 0.3) is 0 Å². The molecule has 0 radical (unpaired) electrons. The Hall–Kier alpha value is -0.570. The molecule has 1 unspecified atom stereocenters. The topological polar surface area (TPSA) is 49.3 Å². The Bertz CT molecular complexity index is 132. The second-order valence-electron chi connectivity index (χ2n) is 3.11. The van der Waals surface area contributed by atoms with E-state index in [1.54, 1.807) is 0 Å². The zero-order valence-corrected chi connectivity index (χ0v) is 8.13. The van der Waals surface area contributed by atoms with Crippen LogP contribution in [0.25, 0.3) is 0 Å². The van der Waals surface area contributed by atoms with Gasteiger partial charge < -0.3 is 10.4 Å². The normalized spacial score (nSPS) is 15.3. The Kier molecular flexibility index (Phi) is 5.72. The van der Waals surface area contributed by atoms with Crippen molar-refractivity contribution < 1.29 is 9.90 Å². The molecule has 3 heteroatoms. The summed E-state index contributed by atoms with van der Waals surface area (Å²) in [6.45, 7) is 5.83. The largest absolute Gasteiger partial charge is 0.394 e. The van der Waals surface area contributed by atoms with Crippen LogP contribution in [0.3, 0.4) is 0 Å². The average molecular weight is 173 g/mol. The molecule has 12 heavy (non-hydrogen) atoms. The van der Waals surface area contributed by atoms with E-state index in [0.717, 1.165) is 12.8 Å². The second-order valence-corrected chi connectivity index (χ2v) is 3.11. The van der Waals surface area contributed by atoms with Crippen molar-refractivity contribution in [3.63, 3.8) is 0 Å². The van der Waals surface area contributed by atoms with Crippen molar-refractivity contribution in [1.29, 1.82) is 0 Å². The van der Waals surface area contributed by atoms with Crippen molar-refractivity contribution in [2.24, 2.45) is 5.92 Å². The zero-order chi connectivity index (χ0) is 9.56. The van der Waals surface area contributed by atoms with Gasteiger partial charge in [0.05, 0.1) is 12.6 Å². The van der Waals surface area contributed by atoms with Gasteiger partial charge in [-0.25, -0.2) is 0 Å². The van der Waals surface area contributed by atoms with Crippen LogP contribution in [0.4, 0.5) is 0 Å². The highest BCUT2D eigenvalue weighted by molar-refractivity contribution is 5.78. The van der Waals surface area contributed by atoms with Gasteiger partial charge in [-0.3, -0.25) is 4.79 Å². The summed E-state index contributed by atoms with van der Waals surface area (Å²) in [6, 6.07) is -0.0773. The molecule has 2 atom stereocenters. The van der Waals surface area contributed by atoms with E-state index in [4.69, 9.17) is 5.11 Å². The molecule has 0 bridgehead atoms. The third-order valence-corrected chi connectivity index (χ3v) is 2.12. The van der Waals surface area contributed by atoms with Crippen molar-refractivity contribution in [2.75, 3.05) is 6.61 Å². The van der Waals surface area contributed by atoms with Crippen LogP contribution in [0.2, 0.25) is 0 Å². The summed E-state index contributed by atoms with van der Waals surface area (Å²) in [7, 11) is 0. The molecule has 0 aliphatic rings. The van der Waals surface area contributed by atoms with Gasteiger partial charge in [-0.15, -0.1) is 0 Å². The van der Waals surface area contributed by atoms with Crippen LogP contribution in [-0.4, -0.2) is 23.7 Å². The molecule has 0 aliphatic heterocycles. The highest BCUT2D eigenvalue weighted by Crippen LogP contribution is 2.01. The number of rotatable bonds is 5. The Balaban J connectivity index is 3.81. The van der Waals surface area contributed by atoms with Crippen LogP contribution in [0.1, 0.15) is 33.6 Å². The minimum atomic E-state index is -0.0773. The third kappa shape index (κ3) is 3.72. The summed E-state index contributed by atoms with van der Waals surface area (Å²) in [4.78, 5) is 11.3. The molecule has 2 N–H and O–H groups in total. The third-order valence-electron chi connectivity index (χ3n) is 2.12. The molecule has 0 aliphatic carbocycles. The number of hydrogen-bond donors (Lipinski definition) is 2. The average Bonchev–Trinajstić information content (AvgIpc) is 2.12. The molecule has 1 amide bonds. The van der Waals surface area contributed by atoms with Crippen LogP contribution in [0.5, 0.6) is 0 Å². The van der Waals surface area contributed by atoms with E-state index in [1.807, 2.05) is 20.8 Å². The van der Waals surface area contributed by atoms with Crippen molar-refractivity contribution in [2.45, 2.75) is 39.7 Å². The number of amides is 1. The van der Waals surface area contributed by atoms with Gasteiger partial charge in [0.15, 0.2) is 0 Å². The van der Waals surface area contributed by atoms with Gasteiger partial charge >= 0.3 is 0 Å². The number of carbonyl (C=O) groups excluding carboxylic acids is 1. The fourth-order valence-electron chi connectivity index (χ4n) is 0.806. The first-order chi connectivity index (χ1) is 5.65. The molecule has 0 aromatic carbocycles. The molecule has 3 nitrogen and oxygen atoms in total. The molecule has 0 aromatic heterocycles. The quantitative estimate of drug-likeness (QED) is 0.649. The van der Waals surface area contributed by atoms with Crippen molar-refractivity contribution in [3.8, 4) is 0 Å². The first-order valence-corrected chi connectivity index (χ1v) is 4.56. The number of hydrogen-bond acceptors (Lipinski definition) is 2. The highest BCUT2D eigenvalue weighted by Gasteiger charge is 2.13. The van der Waals surface area contributed by atoms with Crippen LogP contribution in [-0.2, 0) is 4.79 Å². The molecule has 0 saturated carbocycles. The zero-order valence-electron chi connectivity index (χ0n) is 8.13. The maximum atomic E-state index is 11.3. The van der Waals surface area contributed by atoms with E-state index in [0.29, 0.717) is 0 Å². The van der Waals surface area contributed by atoms with E-state index in [-0.39, 0.29) is 24.5 Å². The Labute approximate surface area is 74.2 Å². The molecule has 0 aromatic rings. The first-order valence-electron chi connectivity index (χ1n) is 4.56. The maximum absolute atomic E-state index is 11.3. The first kappa shape index (κ1) is 11.4. The summed E-state index contributed by atoms with van der Waals surface area (Å²) in [5.41, 5.74) is 0. The lowest BCUT2D eigenvalue weighted by molar-refractivity contribution is -0.125. The molecule has 0 heterocycles. The van der Waals surface area contributed by atoms with Gasteiger partial charge in [-0.2, -0.15) is 0 Å². The Morgan fingerprint density at radius 3 is 2.33 bits per heavy atom. The number of nitrogens with one attached hydrogen (secondary N) is 1. The Morgan fingerprint density at radius 2 is 2.00 bits per heavy atom. The highest BCUT2D eigenvalue weighted by atomic mass is 16.3. The predicted octanol–water partition coefficient (Wildman–Crippen LogP) is 0.920. The lowest BCUT2D eigenvalue weighted by Crippen LogP contribution is -2.39. The summed E-state index contributed by atoms with van der Waals surface area (Å²) >= 11 is 0. The van der Waals surface area contributed by atoms with E-state index in [9.17, 15) is 4.79 Å². The second kappa shape index (κ2) is 6.00. The molecule has 0 spiro atoms. The number of carbonyl (C=O) groups is 1. The smallest absolute Gasteiger partial charge is 0.223 e. The van der Waals surface area contributed by atoms with Crippen LogP contribution in [0, 0.1) is 5.92 Å². The molecule has 0 rings (SSSR count). The van der Waals surface area contributed by atoms with Crippen LogP contribution < -0.4 is 5.32 Å². The molecule has 72 valence electrons. The van der Waals surface area contributed by atoms with Gasteiger partial charge in [0, 0.05) is 5.92 Å². The van der Waals surface area contributed by atoms with Crippen molar-refractivity contribution in [3.05, 3.63) is 0 Å². The SMILES string of the molecule is CCC(C)C(=O)N[C@@H](CC)CO. The van der Waals surface area contributed by atoms with E-state index >= 15 is 0 Å². The summed E-state index contributed by atoms with van der Waals surface area (Å²) in [6.07, 6.45) is 1.62. The van der Waals surface area contributed by atoms with Gasteiger partial charge in [-0.1, -0.05) is 20.8 Å². The molecular formula is C9H19NO2. The molecule has 0 saturated heterocycles. The minimum absolute atomic E-state index is 0.0265. The number of aliphatic hydroxyl groups excluding tert-OH is 1. The van der Waals surface area contributed by atoms with Crippen molar-refractivity contribution >= 4 is 5.91 Å². The van der Waals surface area contributed by atoms with E-state index in [1.165, 1.54) is 0 Å². The van der Waals surface area contributed by atoms with E-state index in [2.05, 4.69) is 5.32 Å². The van der Waals surface area contributed by atoms with Gasteiger partial charge in [0.2, 0.25) is 5.91 Å². The fourth-order valence-corrected chi connectivity index (χ4v) is 0.806. The van der Waals surface area contributed by atoms with Gasteiger partial charge in [0.1, 0.15) is 0 Å². The summed E-state index contributed by atoms with van der Waals surface area (Å²) in [5.74, 6) is 0.0870. The van der Waals surface area contributed by atoms with Crippen molar-refractivity contribution in [1.82, 2.24) is 5.32 Å². The standard InChI is InChI=1S/C9H19NO2/c1-4-7(3)9(12)10-8(5-2)6-11/h7-8,11H,4-6H2,1-3H3,(H,10,12)/t7?,8-/m0/s1.